The Labute approximate surface area is 190 Å². The number of nitrogens with zero attached hydrogens (tertiary/aromatic N) is 4. The molecular formula is C20H26N4O6S2. The Bertz CT molecular complexity index is 1160. The molecule has 2 heterocycles. The second-order valence-electron chi connectivity index (χ2n) is 7.19. The number of aromatic hydroxyl groups is 1. The highest BCUT2D eigenvalue weighted by molar-refractivity contribution is 7.99. The lowest BCUT2D eigenvalue weighted by Gasteiger charge is -2.33. The highest BCUT2D eigenvalue weighted by Gasteiger charge is 2.27. The number of aromatic nitrogens is 2. The van der Waals surface area contributed by atoms with E-state index in [0.29, 0.717) is 30.9 Å². The fraction of sp³-hybridized carbons (Fsp3) is 0.450. The average Bonchev–Trinajstić information content (AvgIpc) is 2.77. The number of carbonyl (C=O) groups excluding carboxylic acids is 1. The van der Waals surface area contributed by atoms with Gasteiger partial charge in [-0.3, -0.25) is 14.2 Å². The Kier molecular flexibility index (Phi) is 7.47. The Balaban J connectivity index is 1.85. The van der Waals surface area contributed by atoms with Crippen LogP contribution < -0.4 is 10.3 Å². The maximum Gasteiger partial charge on any atom is 0.265 e. The number of amides is 1. The van der Waals surface area contributed by atoms with E-state index in [9.17, 15) is 23.1 Å². The summed E-state index contributed by atoms with van der Waals surface area (Å²) in [5.41, 5.74) is 0.198. The van der Waals surface area contributed by atoms with Crippen LogP contribution in [0.1, 0.15) is 12.5 Å². The SMILES string of the molecule is CCc1c(O)nc(SCC(=O)N2CCN(S(C)(=O)=O)CC2)n(-c2ccccc2OC)c1=O. The first kappa shape index (κ1) is 24.1. The van der Waals surface area contributed by atoms with E-state index in [0.717, 1.165) is 18.0 Å². The van der Waals surface area contributed by atoms with Crippen LogP contribution in [-0.2, 0) is 21.2 Å². The minimum atomic E-state index is -3.29. The van der Waals surface area contributed by atoms with Crippen molar-refractivity contribution in [1.29, 1.82) is 0 Å². The number of ether oxygens (including phenoxy) is 1. The molecule has 10 nitrogen and oxygen atoms in total. The first-order valence-electron chi connectivity index (χ1n) is 10.0. The number of carbonyl (C=O) groups is 1. The Morgan fingerprint density at radius 2 is 1.88 bits per heavy atom. The van der Waals surface area contributed by atoms with Gasteiger partial charge in [0.1, 0.15) is 5.75 Å². The number of piperazine rings is 1. The molecule has 1 N–H and O–H groups in total. The summed E-state index contributed by atoms with van der Waals surface area (Å²) in [6, 6.07) is 6.94. The molecule has 12 heteroatoms. The maximum absolute atomic E-state index is 13.1. The lowest BCUT2D eigenvalue weighted by Crippen LogP contribution is -2.50. The van der Waals surface area contributed by atoms with E-state index < -0.39 is 15.6 Å². The van der Waals surface area contributed by atoms with Crippen molar-refractivity contribution in [3.8, 4) is 17.3 Å². The molecule has 0 spiro atoms. The zero-order valence-electron chi connectivity index (χ0n) is 18.1. The van der Waals surface area contributed by atoms with Crippen LogP contribution in [0, 0.1) is 0 Å². The lowest BCUT2D eigenvalue weighted by molar-refractivity contribution is -0.129. The lowest BCUT2D eigenvalue weighted by atomic mass is 10.2. The summed E-state index contributed by atoms with van der Waals surface area (Å²) in [6.45, 7) is 2.81. The monoisotopic (exact) mass is 482 g/mol. The van der Waals surface area contributed by atoms with Gasteiger partial charge < -0.3 is 14.7 Å². The molecule has 0 radical (unpaired) electrons. The van der Waals surface area contributed by atoms with E-state index in [1.54, 1.807) is 36.1 Å². The van der Waals surface area contributed by atoms with Gasteiger partial charge in [0.15, 0.2) is 5.16 Å². The predicted molar refractivity (Wildman–Crippen MR) is 121 cm³/mol. The van der Waals surface area contributed by atoms with Crippen LogP contribution in [-0.4, -0.2) is 83.5 Å². The molecule has 1 aromatic heterocycles. The van der Waals surface area contributed by atoms with Crippen molar-refractivity contribution < 1.29 is 23.1 Å². The molecule has 1 aliphatic heterocycles. The highest BCUT2D eigenvalue weighted by atomic mass is 32.2. The Morgan fingerprint density at radius 3 is 2.47 bits per heavy atom. The summed E-state index contributed by atoms with van der Waals surface area (Å²) in [5, 5.41) is 10.4. The summed E-state index contributed by atoms with van der Waals surface area (Å²) in [6.07, 6.45) is 1.44. The van der Waals surface area contributed by atoms with Crippen LogP contribution in [0.4, 0.5) is 0 Å². The number of rotatable bonds is 7. The quantitative estimate of drug-likeness (QED) is 0.452. The molecule has 2 aromatic rings. The standard InChI is InChI=1S/C20H26N4O6S2/c1-4-14-18(26)21-20(24(19(14)27)15-7-5-6-8-16(15)30-2)31-13-17(25)22-9-11-23(12-10-22)32(3,28)29/h5-8,26H,4,9-13H2,1-3H3. The second-order valence-corrected chi connectivity index (χ2v) is 10.1. The third-order valence-corrected chi connectivity index (χ3v) is 7.42. The smallest absolute Gasteiger partial charge is 0.265 e. The molecule has 1 aromatic carbocycles. The van der Waals surface area contributed by atoms with Crippen molar-refractivity contribution in [3.05, 3.63) is 40.2 Å². The molecule has 1 amide bonds. The number of benzene rings is 1. The Hall–Kier alpha value is -2.57. The molecule has 0 atom stereocenters. The van der Waals surface area contributed by atoms with Crippen molar-refractivity contribution >= 4 is 27.7 Å². The highest BCUT2D eigenvalue weighted by Crippen LogP contribution is 2.28. The molecule has 1 fully saturated rings. The topological polar surface area (TPSA) is 122 Å². The van der Waals surface area contributed by atoms with Gasteiger partial charge in [-0.1, -0.05) is 30.8 Å². The zero-order valence-corrected chi connectivity index (χ0v) is 19.8. The molecule has 0 saturated carbocycles. The minimum Gasteiger partial charge on any atom is -0.495 e. The van der Waals surface area contributed by atoms with Crippen LogP contribution in [0.3, 0.4) is 0 Å². The molecule has 32 heavy (non-hydrogen) atoms. The number of thioether (sulfide) groups is 1. The number of para-hydroxylation sites is 2. The van der Waals surface area contributed by atoms with E-state index in [-0.39, 0.29) is 41.3 Å². The molecule has 0 bridgehead atoms. The van der Waals surface area contributed by atoms with Gasteiger partial charge >= 0.3 is 0 Å². The van der Waals surface area contributed by atoms with Crippen molar-refractivity contribution in [2.45, 2.75) is 18.5 Å². The largest absolute Gasteiger partial charge is 0.495 e. The van der Waals surface area contributed by atoms with Crippen LogP contribution in [0.2, 0.25) is 0 Å². The van der Waals surface area contributed by atoms with Crippen molar-refractivity contribution in [2.75, 3.05) is 45.3 Å². The van der Waals surface area contributed by atoms with Gasteiger partial charge in [-0.15, -0.1) is 0 Å². The van der Waals surface area contributed by atoms with Crippen LogP contribution in [0.15, 0.2) is 34.2 Å². The Morgan fingerprint density at radius 1 is 1.22 bits per heavy atom. The summed E-state index contributed by atoms with van der Waals surface area (Å²) in [4.78, 5) is 31.6. The van der Waals surface area contributed by atoms with Gasteiger partial charge in [0.05, 0.1) is 30.4 Å². The fourth-order valence-electron chi connectivity index (χ4n) is 3.45. The van der Waals surface area contributed by atoms with Gasteiger partial charge in [-0.2, -0.15) is 9.29 Å². The van der Waals surface area contributed by atoms with Gasteiger partial charge in [-0.25, -0.2) is 8.42 Å². The van der Waals surface area contributed by atoms with Crippen LogP contribution >= 0.6 is 11.8 Å². The van der Waals surface area contributed by atoms with Crippen molar-refractivity contribution in [2.24, 2.45) is 0 Å². The van der Waals surface area contributed by atoms with Gasteiger partial charge in [0.2, 0.25) is 21.8 Å². The summed E-state index contributed by atoms with van der Waals surface area (Å²) < 4.78 is 31.4. The van der Waals surface area contributed by atoms with E-state index in [2.05, 4.69) is 4.98 Å². The maximum atomic E-state index is 13.1. The van der Waals surface area contributed by atoms with E-state index >= 15 is 0 Å². The molecule has 0 unspecified atom stereocenters. The van der Waals surface area contributed by atoms with Crippen molar-refractivity contribution in [1.82, 2.24) is 18.8 Å². The number of methoxy groups -OCH3 is 1. The summed E-state index contributed by atoms with van der Waals surface area (Å²) in [7, 11) is -1.80. The first-order chi connectivity index (χ1) is 15.2. The second kappa shape index (κ2) is 9.92. The predicted octanol–water partition coefficient (Wildman–Crippen LogP) is 0.705. The number of hydrogen-bond acceptors (Lipinski definition) is 8. The number of hydrogen-bond donors (Lipinski definition) is 1. The van der Waals surface area contributed by atoms with E-state index in [4.69, 9.17) is 4.74 Å². The zero-order chi connectivity index (χ0) is 23.5. The van der Waals surface area contributed by atoms with Gasteiger partial charge in [0, 0.05) is 26.2 Å². The molecule has 3 rings (SSSR count). The van der Waals surface area contributed by atoms with E-state index in [1.807, 2.05) is 0 Å². The third kappa shape index (κ3) is 5.08. The van der Waals surface area contributed by atoms with Crippen LogP contribution in [0.5, 0.6) is 11.6 Å². The normalized spacial score (nSPS) is 15.0. The minimum absolute atomic E-state index is 0.0224. The van der Waals surface area contributed by atoms with Gasteiger partial charge in [-0.05, 0) is 18.6 Å². The summed E-state index contributed by atoms with van der Waals surface area (Å²) in [5.74, 6) is -0.136. The number of sulfonamides is 1. The molecule has 174 valence electrons. The fourth-order valence-corrected chi connectivity index (χ4v) is 5.17. The van der Waals surface area contributed by atoms with Gasteiger partial charge in [0.25, 0.3) is 5.56 Å². The third-order valence-electron chi connectivity index (χ3n) is 5.19. The molecule has 1 aliphatic rings. The molecule has 0 aliphatic carbocycles. The molecule has 1 saturated heterocycles. The summed E-state index contributed by atoms with van der Waals surface area (Å²) >= 11 is 1.03. The molecular weight excluding hydrogens is 456 g/mol. The van der Waals surface area contributed by atoms with E-state index in [1.165, 1.54) is 16.0 Å². The van der Waals surface area contributed by atoms with Crippen molar-refractivity contribution in [3.63, 3.8) is 0 Å². The van der Waals surface area contributed by atoms with Crippen LogP contribution in [0.25, 0.3) is 5.69 Å². The first-order valence-corrected chi connectivity index (χ1v) is 12.8. The average molecular weight is 483 g/mol.